The number of carbonyl (C=O) groups is 2. The standard InChI is InChI=1S/C18H18FN5O4/c1-3-23(9-19)15(25)8-24-17-11(5-13(16(20)26)18(24)27)4-12(6-22-17)14-7-21-10(2)28-14/h4-7H,3,8-9H2,1-2H3,(H2,20,26). The third kappa shape index (κ3) is 3.48. The lowest BCUT2D eigenvalue weighted by Gasteiger charge is -2.18. The number of halogens is 1. The van der Waals surface area contributed by atoms with Gasteiger partial charge in [0.05, 0.1) is 6.20 Å². The molecule has 0 aliphatic carbocycles. The van der Waals surface area contributed by atoms with E-state index in [1.807, 2.05) is 0 Å². The first-order valence-corrected chi connectivity index (χ1v) is 8.45. The molecule has 0 saturated heterocycles. The number of oxazole rings is 1. The van der Waals surface area contributed by atoms with Gasteiger partial charge in [0.25, 0.3) is 11.5 Å². The Hall–Kier alpha value is -3.56. The van der Waals surface area contributed by atoms with Gasteiger partial charge in [-0.15, -0.1) is 0 Å². The molecule has 3 rings (SSSR count). The summed E-state index contributed by atoms with van der Waals surface area (Å²) in [6, 6.07) is 2.95. The average Bonchev–Trinajstić information content (AvgIpc) is 3.10. The minimum atomic E-state index is -0.986. The van der Waals surface area contributed by atoms with Crippen molar-refractivity contribution in [2.75, 3.05) is 13.3 Å². The highest BCUT2D eigenvalue weighted by atomic mass is 19.1. The van der Waals surface area contributed by atoms with Gasteiger partial charge >= 0.3 is 0 Å². The lowest BCUT2D eigenvalue weighted by Crippen LogP contribution is -2.38. The molecule has 0 saturated carbocycles. The van der Waals surface area contributed by atoms with Crippen LogP contribution in [-0.4, -0.2) is 44.6 Å². The number of pyridine rings is 2. The van der Waals surface area contributed by atoms with Gasteiger partial charge in [0.2, 0.25) is 5.91 Å². The predicted molar refractivity (Wildman–Crippen MR) is 98.1 cm³/mol. The first-order chi connectivity index (χ1) is 13.3. The molecular weight excluding hydrogens is 369 g/mol. The zero-order valence-electron chi connectivity index (χ0n) is 15.3. The highest BCUT2D eigenvalue weighted by Crippen LogP contribution is 2.23. The molecule has 2 N–H and O–H groups in total. The van der Waals surface area contributed by atoms with Crippen molar-refractivity contribution >= 4 is 22.8 Å². The van der Waals surface area contributed by atoms with Gasteiger partial charge in [-0.2, -0.15) is 0 Å². The molecule has 28 heavy (non-hydrogen) atoms. The molecule has 146 valence electrons. The van der Waals surface area contributed by atoms with E-state index in [1.54, 1.807) is 19.9 Å². The molecule has 0 spiro atoms. The summed E-state index contributed by atoms with van der Waals surface area (Å²) in [5, 5.41) is 0.399. The SMILES string of the molecule is CCN(CF)C(=O)Cn1c(=O)c(C(N)=O)cc2cc(-c3cnc(C)o3)cnc21. The second-order valence-corrected chi connectivity index (χ2v) is 6.06. The van der Waals surface area contributed by atoms with E-state index in [2.05, 4.69) is 9.97 Å². The fraction of sp³-hybridized carbons (Fsp3) is 0.278. The fourth-order valence-electron chi connectivity index (χ4n) is 2.78. The quantitative estimate of drug-likeness (QED) is 0.635. The van der Waals surface area contributed by atoms with Crippen LogP contribution in [0.3, 0.4) is 0 Å². The van der Waals surface area contributed by atoms with Crippen LogP contribution < -0.4 is 11.3 Å². The summed E-state index contributed by atoms with van der Waals surface area (Å²) < 4.78 is 19.5. The van der Waals surface area contributed by atoms with Crippen molar-refractivity contribution in [3.63, 3.8) is 0 Å². The molecule has 0 atom stereocenters. The lowest BCUT2D eigenvalue weighted by molar-refractivity contribution is -0.133. The van der Waals surface area contributed by atoms with Crippen molar-refractivity contribution in [1.29, 1.82) is 0 Å². The number of aryl methyl sites for hydroxylation is 1. The van der Waals surface area contributed by atoms with Crippen molar-refractivity contribution < 1.29 is 18.4 Å². The van der Waals surface area contributed by atoms with Gasteiger partial charge < -0.3 is 15.1 Å². The number of carbonyl (C=O) groups excluding carboxylic acids is 2. The number of hydrogen-bond acceptors (Lipinski definition) is 6. The van der Waals surface area contributed by atoms with Crippen molar-refractivity contribution in [1.82, 2.24) is 19.4 Å². The molecule has 9 nitrogen and oxygen atoms in total. The Balaban J connectivity index is 2.18. The van der Waals surface area contributed by atoms with Crippen molar-refractivity contribution in [3.8, 4) is 11.3 Å². The molecule has 3 aromatic heterocycles. The summed E-state index contributed by atoms with van der Waals surface area (Å²) in [4.78, 5) is 45.9. The Labute approximate surface area is 158 Å². The van der Waals surface area contributed by atoms with E-state index < -0.39 is 30.7 Å². The minimum Gasteiger partial charge on any atom is -0.441 e. The molecule has 3 heterocycles. The Morgan fingerprint density at radius 1 is 1.29 bits per heavy atom. The van der Waals surface area contributed by atoms with E-state index in [0.29, 0.717) is 22.6 Å². The van der Waals surface area contributed by atoms with Crippen LogP contribution in [0.25, 0.3) is 22.4 Å². The van der Waals surface area contributed by atoms with Crippen LogP contribution in [0.15, 0.2) is 33.7 Å². The molecule has 0 aliphatic rings. The van der Waals surface area contributed by atoms with Crippen LogP contribution in [-0.2, 0) is 11.3 Å². The van der Waals surface area contributed by atoms with E-state index >= 15 is 0 Å². The summed E-state index contributed by atoms with van der Waals surface area (Å²) >= 11 is 0. The molecular formula is C18H18FN5O4. The minimum absolute atomic E-state index is 0.139. The number of nitrogens with two attached hydrogens (primary N) is 1. The molecule has 0 radical (unpaired) electrons. The summed E-state index contributed by atoms with van der Waals surface area (Å²) in [5.41, 5.74) is 4.99. The van der Waals surface area contributed by atoms with Gasteiger partial charge in [0, 0.05) is 30.6 Å². The maximum Gasteiger partial charge on any atom is 0.265 e. The van der Waals surface area contributed by atoms with Gasteiger partial charge in [0.15, 0.2) is 18.4 Å². The summed E-state index contributed by atoms with van der Waals surface area (Å²) in [7, 11) is 0. The second kappa shape index (κ2) is 7.59. The van der Waals surface area contributed by atoms with Crippen LogP contribution in [0.5, 0.6) is 0 Å². The molecule has 2 amide bonds. The van der Waals surface area contributed by atoms with Crippen LogP contribution in [0.4, 0.5) is 4.39 Å². The molecule has 0 aromatic carbocycles. The maximum absolute atomic E-state index is 13.0. The van der Waals surface area contributed by atoms with Crippen LogP contribution in [0, 0.1) is 6.92 Å². The highest BCUT2D eigenvalue weighted by Gasteiger charge is 2.19. The van der Waals surface area contributed by atoms with Gasteiger partial charge in [-0.1, -0.05) is 0 Å². The normalized spacial score (nSPS) is 11.0. The van der Waals surface area contributed by atoms with E-state index in [9.17, 15) is 18.8 Å². The Morgan fingerprint density at radius 3 is 2.61 bits per heavy atom. The predicted octanol–water partition coefficient (Wildman–Crippen LogP) is 1.23. The first kappa shape index (κ1) is 19.2. The Morgan fingerprint density at radius 2 is 2.04 bits per heavy atom. The number of rotatable bonds is 6. The molecule has 0 aliphatic heterocycles. The molecule has 0 fully saturated rings. The number of nitrogens with zero attached hydrogens (tertiary/aromatic N) is 4. The zero-order valence-corrected chi connectivity index (χ0v) is 15.3. The second-order valence-electron chi connectivity index (χ2n) is 6.06. The number of aromatic nitrogens is 3. The summed E-state index contributed by atoms with van der Waals surface area (Å²) in [6.45, 7) is 1.99. The molecule has 0 unspecified atom stereocenters. The smallest absolute Gasteiger partial charge is 0.265 e. The van der Waals surface area contributed by atoms with Gasteiger partial charge in [0.1, 0.15) is 17.8 Å². The fourth-order valence-corrected chi connectivity index (χ4v) is 2.78. The summed E-state index contributed by atoms with van der Waals surface area (Å²) in [5.74, 6) is -0.635. The molecule has 3 aromatic rings. The number of primary amides is 1. The Bertz CT molecular complexity index is 1120. The number of alkyl halides is 1. The topological polar surface area (TPSA) is 124 Å². The van der Waals surface area contributed by atoms with Crippen molar-refractivity contribution in [3.05, 3.63) is 46.3 Å². The number of fused-ring (bicyclic) bond motifs is 1. The first-order valence-electron chi connectivity index (χ1n) is 8.45. The number of hydrogen-bond donors (Lipinski definition) is 1. The zero-order chi connectivity index (χ0) is 20.4. The van der Waals surface area contributed by atoms with E-state index in [-0.39, 0.29) is 17.8 Å². The average molecular weight is 387 g/mol. The van der Waals surface area contributed by atoms with Gasteiger partial charge in [-0.3, -0.25) is 19.0 Å². The van der Waals surface area contributed by atoms with E-state index in [1.165, 1.54) is 18.5 Å². The molecule has 0 bridgehead atoms. The number of likely N-dealkylation sites (N-methyl/N-ethyl adjacent to an activating group) is 1. The van der Waals surface area contributed by atoms with Crippen LogP contribution >= 0.6 is 0 Å². The lowest BCUT2D eigenvalue weighted by atomic mass is 10.1. The highest BCUT2D eigenvalue weighted by molar-refractivity contribution is 5.96. The van der Waals surface area contributed by atoms with Gasteiger partial charge in [-0.05, 0) is 19.1 Å². The third-order valence-corrected chi connectivity index (χ3v) is 4.27. The summed E-state index contributed by atoms with van der Waals surface area (Å²) in [6.07, 6.45) is 2.98. The van der Waals surface area contributed by atoms with Crippen LogP contribution in [0.2, 0.25) is 0 Å². The number of amides is 2. The van der Waals surface area contributed by atoms with E-state index in [4.69, 9.17) is 10.2 Å². The van der Waals surface area contributed by atoms with Crippen molar-refractivity contribution in [2.45, 2.75) is 20.4 Å². The largest absolute Gasteiger partial charge is 0.441 e. The Kier molecular flexibility index (Phi) is 5.21. The van der Waals surface area contributed by atoms with Crippen molar-refractivity contribution in [2.24, 2.45) is 5.73 Å². The van der Waals surface area contributed by atoms with Gasteiger partial charge in [-0.25, -0.2) is 14.4 Å². The van der Waals surface area contributed by atoms with Crippen LogP contribution in [0.1, 0.15) is 23.2 Å². The molecule has 10 heteroatoms. The van der Waals surface area contributed by atoms with E-state index in [0.717, 1.165) is 9.47 Å². The third-order valence-electron chi connectivity index (χ3n) is 4.27. The monoisotopic (exact) mass is 387 g/mol. The maximum atomic E-state index is 13.0.